The third-order valence-corrected chi connectivity index (χ3v) is 3.82. The van der Waals surface area contributed by atoms with E-state index in [2.05, 4.69) is 21.2 Å². The first kappa shape index (κ1) is 15.4. The average Bonchev–Trinajstić information content (AvgIpc) is 2.48. The fourth-order valence-corrected chi connectivity index (χ4v) is 2.39. The number of carbonyl (C=O) groups excluding carboxylic acids is 1. The van der Waals surface area contributed by atoms with Crippen molar-refractivity contribution in [3.8, 4) is 11.5 Å². The summed E-state index contributed by atoms with van der Waals surface area (Å²) < 4.78 is 5.46. The molecule has 21 heavy (non-hydrogen) atoms. The van der Waals surface area contributed by atoms with Gasteiger partial charge in [-0.1, -0.05) is 24.3 Å². The van der Waals surface area contributed by atoms with E-state index in [0.29, 0.717) is 16.6 Å². The van der Waals surface area contributed by atoms with Crippen LogP contribution in [0.1, 0.15) is 21.5 Å². The molecule has 4 nitrogen and oxygen atoms in total. The minimum atomic E-state index is -0.225. The molecule has 0 aliphatic carbocycles. The first-order valence-corrected chi connectivity index (χ1v) is 7.21. The molecule has 110 valence electrons. The van der Waals surface area contributed by atoms with Gasteiger partial charge in [-0.05, 0) is 46.1 Å². The number of ether oxygens (including phenoxy) is 1. The number of hydrogen-bond donors (Lipinski definition) is 2. The molecule has 2 N–H and O–H groups in total. The Morgan fingerprint density at radius 2 is 2.05 bits per heavy atom. The number of aromatic hydroxyl groups is 1. The van der Waals surface area contributed by atoms with E-state index in [1.807, 2.05) is 31.2 Å². The standard InChI is InChI=1S/C16H16BrNO3/c1-10-5-3-4-6-11(10)9-18-16(20)12-7-13(17)15(19)14(8-12)21-2/h3-8,19H,9H2,1-2H3,(H,18,20). The molecule has 0 saturated carbocycles. The van der Waals surface area contributed by atoms with E-state index in [4.69, 9.17) is 4.74 Å². The number of carbonyl (C=O) groups is 1. The normalized spacial score (nSPS) is 10.2. The Labute approximate surface area is 131 Å². The van der Waals surface area contributed by atoms with Crippen LogP contribution in [0.5, 0.6) is 11.5 Å². The van der Waals surface area contributed by atoms with Gasteiger partial charge in [-0.15, -0.1) is 0 Å². The molecule has 0 saturated heterocycles. The topological polar surface area (TPSA) is 58.6 Å². The van der Waals surface area contributed by atoms with Crippen LogP contribution in [0.2, 0.25) is 0 Å². The van der Waals surface area contributed by atoms with Crippen molar-refractivity contribution in [3.63, 3.8) is 0 Å². The zero-order chi connectivity index (χ0) is 15.4. The van der Waals surface area contributed by atoms with Crippen LogP contribution >= 0.6 is 15.9 Å². The molecule has 0 heterocycles. The molecule has 2 aromatic rings. The van der Waals surface area contributed by atoms with Gasteiger partial charge in [0, 0.05) is 12.1 Å². The summed E-state index contributed by atoms with van der Waals surface area (Å²) in [7, 11) is 1.44. The van der Waals surface area contributed by atoms with E-state index in [-0.39, 0.29) is 17.4 Å². The van der Waals surface area contributed by atoms with Gasteiger partial charge in [0.2, 0.25) is 0 Å². The summed E-state index contributed by atoms with van der Waals surface area (Å²) in [6, 6.07) is 10.9. The Bertz CT molecular complexity index is 671. The number of halogens is 1. The zero-order valence-corrected chi connectivity index (χ0v) is 13.4. The maximum atomic E-state index is 12.2. The number of phenolic OH excluding ortho intramolecular Hbond substituents is 1. The number of phenols is 1. The van der Waals surface area contributed by atoms with Gasteiger partial charge in [-0.25, -0.2) is 0 Å². The lowest BCUT2D eigenvalue weighted by atomic mass is 10.1. The molecule has 0 radical (unpaired) electrons. The summed E-state index contributed by atoms with van der Waals surface area (Å²) >= 11 is 3.20. The van der Waals surface area contributed by atoms with Gasteiger partial charge >= 0.3 is 0 Å². The van der Waals surface area contributed by atoms with E-state index in [0.717, 1.165) is 11.1 Å². The Kier molecular flexibility index (Phi) is 4.85. The van der Waals surface area contributed by atoms with Crippen molar-refractivity contribution in [2.24, 2.45) is 0 Å². The summed E-state index contributed by atoms with van der Waals surface area (Å²) in [5.41, 5.74) is 2.61. The number of aryl methyl sites for hydroxylation is 1. The SMILES string of the molecule is COc1cc(C(=O)NCc2ccccc2C)cc(Br)c1O. The first-order chi connectivity index (χ1) is 10.0. The van der Waals surface area contributed by atoms with E-state index >= 15 is 0 Å². The molecule has 1 amide bonds. The molecule has 2 aromatic carbocycles. The van der Waals surface area contributed by atoms with Crippen LogP contribution in [0.4, 0.5) is 0 Å². The Balaban J connectivity index is 2.14. The number of hydrogen-bond acceptors (Lipinski definition) is 3. The lowest BCUT2D eigenvalue weighted by molar-refractivity contribution is 0.0950. The van der Waals surface area contributed by atoms with Crippen molar-refractivity contribution in [3.05, 3.63) is 57.6 Å². The Hall–Kier alpha value is -2.01. The van der Waals surface area contributed by atoms with E-state index in [1.54, 1.807) is 6.07 Å². The second kappa shape index (κ2) is 6.63. The highest BCUT2D eigenvalue weighted by Crippen LogP contribution is 2.35. The quantitative estimate of drug-likeness (QED) is 0.889. The largest absolute Gasteiger partial charge is 0.503 e. The van der Waals surface area contributed by atoms with Gasteiger partial charge in [0.25, 0.3) is 5.91 Å². The van der Waals surface area contributed by atoms with E-state index in [9.17, 15) is 9.90 Å². The van der Waals surface area contributed by atoms with Crippen LogP contribution in [0.15, 0.2) is 40.9 Å². The predicted octanol–water partition coefficient (Wildman–Crippen LogP) is 3.40. The molecule has 0 spiro atoms. The fourth-order valence-electron chi connectivity index (χ4n) is 1.95. The molecule has 0 bridgehead atoms. The molecule has 0 aromatic heterocycles. The second-order valence-electron chi connectivity index (χ2n) is 4.62. The summed E-state index contributed by atoms with van der Waals surface area (Å²) in [6.45, 7) is 2.45. The number of rotatable bonds is 4. The maximum absolute atomic E-state index is 12.2. The summed E-state index contributed by atoms with van der Waals surface area (Å²) in [5, 5.41) is 12.6. The minimum absolute atomic E-state index is 0.0204. The van der Waals surface area contributed by atoms with Crippen molar-refractivity contribution in [2.75, 3.05) is 7.11 Å². The van der Waals surface area contributed by atoms with E-state index in [1.165, 1.54) is 13.2 Å². The second-order valence-corrected chi connectivity index (χ2v) is 5.47. The molecular formula is C16H16BrNO3. The van der Waals surface area contributed by atoms with Crippen LogP contribution in [0.3, 0.4) is 0 Å². The fraction of sp³-hybridized carbons (Fsp3) is 0.188. The molecule has 0 fully saturated rings. The third-order valence-electron chi connectivity index (χ3n) is 3.21. The van der Waals surface area contributed by atoms with Gasteiger partial charge in [-0.3, -0.25) is 4.79 Å². The molecule has 5 heteroatoms. The van der Waals surface area contributed by atoms with Crippen molar-refractivity contribution < 1.29 is 14.6 Å². The van der Waals surface area contributed by atoms with Crippen LogP contribution in [-0.2, 0) is 6.54 Å². The highest BCUT2D eigenvalue weighted by molar-refractivity contribution is 9.10. The van der Waals surface area contributed by atoms with Crippen LogP contribution < -0.4 is 10.1 Å². The number of nitrogens with one attached hydrogen (secondary N) is 1. The molecular weight excluding hydrogens is 334 g/mol. The predicted molar refractivity (Wildman–Crippen MR) is 84.7 cm³/mol. The van der Waals surface area contributed by atoms with Crippen LogP contribution in [0, 0.1) is 6.92 Å². The zero-order valence-electron chi connectivity index (χ0n) is 11.8. The van der Waals surface area contributed by atoms with Crippen LogP contribution in [-0.4, -0.2) is 18.1 Å². The van der Waals surface area contributed by atoms with Gasteiger partial charge in [-0.2, -0.15) is 0 Å². The number of methoxy groups -OCH3 is 1. The average molecular weight is 350 g/mol. The molecule has 0 unspecified atom stereocenters. The summed E-state index contributed by atoms with van der Waals surface area (Å²) in [5.74, 6) is 0.00984. The third kappa shape index (κ3) is 3.55. The number of amides is 1. The molecule has 0 aliphatic heterocycles. The summed E-state index contributed by atoms with van der Waals surface area (Å²) in [6.07, 6.45) is 0. The summed E-state index contributed by atoms with van der Waals surface area (Å²) in [4.78, 5) is 12.2. The van der Waals surface area contributed by atoms with Gasteiger partial charge in [0.05, 0.1) is 11.6 Å². The van der Waals surface area contributed by atoms with Crippen molar-refractivity contribution >= 4 is 21.8 Å². The number of benzene rings is 2. The molecule has 0 aliphatic rings. The van der Waals surface area contributed by atoms with Gasteiger partial charge in [0.15, 0.2) is 11.5 Å². The Morgan fingerprint density at radius 3 is 2.71 bits per heavy atom. The highest BCUT2D eigenvalue weighted by Gasteiger charge is 2.13. The molecule has 0 atom stereocenters. The lowest BCUT2D eigenvalue weighted by Crippen LogP contribution is -2.23. The van der Waals surface area contributed by atoms with Crippen molar-refractivity contribution in [1.29, 1.82) is 0 Å². The Morgan fingerprint density at radius 1 is 1.33 bits per heavy atom. The highest BCUT2D eigenvalue weighted by atomic mass is 79.9. The smallest absolute Gasteiger partial charge is 0.251 e. The lowest BCUT2D eigenvalue weighted by Gasteiger charge is -2.10. The minimum Gasteiger partial charge on any atom is -0.503 e. The van der Waals surface area contributed by atoms with Crippen molar-refractivity contribution in [1.82, 2.24) is 5.32 Å². The monoisotopic (exact) mass is 349 g/mol. The first-order valence-electron chi connectivity index (χ1n) is 6.42. The maximum Gasteiger partial charge on any atom is 0.251 e. The van der Waals surface area contributed by atoms with E-state index < -0.39 is 0 Å². The van der Waals surface area contributed by atoms with Gasteiger partial charge < -0.3 is 15.2 Å². The van der Waals surface area contributed by atoms with Crippen molar-refractivity contribution in [2.45, 2.75) is 13.5 Å². The van der Waals surface area contributed by atoms with Gasteiger partial charge in [0.1, 0.15) is 0 Å². The van der Waals surface area contributed by atoms with Crippen LogP contribution in [0.25, 0.3) is 0 Å². The molecule has 2 rings (SSSR count).